The Hall–Kier alpha value is -1.67. The van der Waals surface area contributed by atoms with Crippen LogP contribution in [-0.4, -0.2) is 11.2 Å². The van der Waals surface area contributed by atoms with Gasteiger partial charge in [-0.05, 0) is 55.0 Å². The summed E-state index contributed by atoms with van der Waals surface area (Å²) >= 11 is 0. The van der Waals surface area contributed by atoms with Crippen LogP contribution in [0.5, 0.6) is 0 Å². The molecule has 0 saturated heterocycles. The molecule has 0 aromatic heterocycles. The molecule has 1 nitrogen and oxygen atoms in total. The lowest BCUT2D eigenvalue weighted by molar-refractivity contribution is 0.131. The summed E-state index contributed by atoms with van der Waals surface area (Å²) < 4.78 is 13.4. The normalized spacial score (nSPS) is 17.8. The Morgan fingerprint density at radius 2 is 1.85 bits per heavy atom. The van der Waals surface area contributed by atoms with E-state index in [4.69, 9.17) is 0 Å². The number of benzene rings is 2. The van der Waals surface area contributed by atoms with Gasteiger partial charge in [-0.15, -0.1) is 0 Å². The first-order valence-corrected chi connectivity index (χ1v) is 7.10. The summed E-state index contributed by atoms with van der Waals surface area (Å²) in [4.78, 5) is 0. The molecule has 0 spiro atoms. The average molecular weight is 270 g/mol. The molecule has 1 atom stereocenters. The summed E-state index contributed by atoms with van der Waals surface area (Å²) in [5, 5.41) is 10.6. The Labute approximate surface area is 119 Å². The predicted molar refractivity (Wildman–Crippen MR) is 78.2 cm³/mol. The van der Waals surface area contributed by atoms with Gasteiger partial charge in [-0.3, -0.25) is 0 Å². The lowest BCUT2D eigenvalue weighted by Gasteiger charge is -2.23. The van der Waals surface area contributed by atoms with Crippen molar-refractivity contribution in [2.24, 2.45) is 0 Å². The first-order chi connectivity index (χ1) is 9.62. The van der Waals surface area contributed by atoms with Crippen LogP contribution in [-0.2, 0) is 11.8 Å². The number of aliphatic hydroxyl groups is 1. The van der Waals surface area contributed by atoms with Crippen LogP contribution in [0.15, 0.2) is 48.5 Å². The van der Waals surface area contributed by atoms with E-state index in [1.807, 2.05) is 25.1 Å². The molecule has 1 fully saturated rings. The van der Waals surface area contributed by atoms with Crippen molar-refractivity contribution >= 4 is 0 Å². The highest BCUT2D eigenvalue weighted by atomic mass is 19.1. The van der Waals surface area contributed by atoms with Crippen LogP contribution in [0.4, 0.5) is 4.39 Å². The molecule has 1 saturated carbocycles. The SMILES string of the molecule is Cc1ccc(F)cc1CC(O)C1(c2ccccc2)CC1. The summed E-state index contributed by atoms with van der Waals surface area (Å²) in [6, 6.07) is 14.9. The van der Waals surface area contributed by atoms with Crippen LogP contribution in [0.3, 0.4) is 0 Å². The molecule has 2 aromatic carbocycles. The van der Waals surface area contributed by atoms with Crippen molar-refractivity contribution in [3.05, 3.63) is 71.0 Å². The lowest BCUT2D eigenvalue weighted by Crippen LogP contribution is -2.28. The van der Waals surface area contributed by atoms with E-state index in [9.17, 15) is 9.50 Å². The van der Waals surface area contributed by atoms with Crippen molar-refractivity contribution in [2.45, 2.75) is 37.7 Å². The molecule has 104 valence electrons. The Kier molecular flexibility index (Phi) is 3.35. The highest BCUT2D eigenvalue weighted by molar-refractivity contribution is 5.35. The van der Waals surface area contributed by atoms with Gasteiger partial charge in [-0.2, -0.15) is 0 Å². The second-order valence-electron chi connectivity index (χ2n) is 5.81. The number of aryl methyl sites for hydroxylation is 1. The molecule has 2 heteroatoms. The van der Waals surface area contributed by atoms with Gasteiger partial charge in [0, 0.05) is 5.41 Å². The zero-order valence-corrected chi connectivity index (χ0v) is 11.6. The summed E-state index contributed by atoms with van der Waals surface area (Å²) in [6.07, 6.45) is 2.07. The molecule has 1 N–H and O–H groups in total. The first-order valence-electron chi connectivity index (χ1n) is 7.10. The van der Waals surface area contributed by atoms with Gasteiger partial charge >= 0.3 is 0 Å². The molecule has 0 aliphatic heterocycles. The van der Waals surface area contributed by atoms with Gasteiger partial charge in [-0.25, -0.2) is 4.39 Å². The number of hydrogen-bond acceptors (Lipinski definition) is 1. The standard InChI is InChI=1S/C18H19FO/c1-13-7-8-16(19)11-14(13)12-17(20)18(9-10-18)15-5-3-2-4-6-15/h2-8,11,17,20H,9-10,12H2,1H3. The highest BCUT2D eigenvalue weighted by Gasteiger charge is 2.49. The molecular formula is C18H19FO. The van der Waals surface area contributed by atoms with E-state index in [1.165, 1.54) is 11.6 Å². The van der Waals surface area contributed by atoms with E-state index in [2.05, 4.69) is 12.1 Å². The largest absolute Gasteiger partial charge is 0.392 e. The van der Waals surface area contributed by atoms with Gasteiger partial charge in [0.15, 0.2) is 0 Å². The minimum absolute atomic E-state index is 0.125. The van der Waals surface area contributed by atoms with Crippen LogP contribution < -0.4 is 0 Å². The molecule has 0 radical (unpaired) electrons. The molecular weight excluding hydrogens is 251 g/mol. The number of hydrogen-bond donors (Lipinski definition) is 1. The first kappa shape index (κ1) is 13.3. The minimum atomic E-state index is -0.453. The summed E-state index contributed by atoms with van der Waals surface area (Å²) in [5.74, 6) is -0.234. The second kappa shape index (κ2) is 5.02. The number of aliphatic hydroxyl groups excluding tert-OH is 1. The van der Waals surface area contributed by atoms with Gasteiger partial charge in [0.2, 0.25) is 0 Å². The van der Waals surface area contributed by atoms with E-state index in [0.29, 0.717) is 6.42 Å². The molecule has 1 aliphatic carbocycles. The Balaban J connectivity index is 1.83. The maximum atomic E-state index is 13.4. The topological polar surface area (TPSA) is 20.2 Å². The van der Waals surface area contributed by atoms with Crippen molar-refractivity contribution < 1.29 is 9.50 Å². The van der Waals surface area contributed by atoms with Crippen LogP contribution in [0.2, 0.25) is 0 Å². The Morgan fingerprint density at radius 1 is 1.15 bits per heavy atom. The maximum Gasteiger partial charge on any atom is 0.123 e. The van der Waals surface area contributed by atoms with Crippen LogP contribution in [0, 0.1) is 12.7 Å². The Bertz CT molecular complexity index is 602. The molecule has 2 aromatic rings. The highest BCUT2D eigenvalue weighted by Crippen LogP contribution is 2.51. The van der Waals surface area contributed by atoms with E-state index in [-0.39, 0.29) is 11.2 Å². The summed E-state index contributed by atoms with van der Waals surface area (Å²) in [5.41, 5.74) is 3.01. The van der Waals surface area contributed by atoms with Crippen LogP contribution in [0.1, 0.15) is 29.5 Å². The van der Waals surface area contributed by atoms with E-state index >= 15 is 0 Å². The minimum Gasteiger partial charge on any atom is -0.392 e. The van der Waals surface area contributed by atoms with Crippen LogP contribution >= 0.6 is 0 Å². The van der Waals surface area contributed by atoms with Gasteiger partial charge < -0.3 is 5.11 Å². The van der Waals surface area contributed by atoms with Crippen molar-refractivity contribution in [3.63, 3.8) is 0 Å². The summed E-state index contributed by atoms with van der Waals surface area (Å²) in [6.45, 7) is 1.96. The van der Waals surface area contributed by atoms with E-state index in [1.54, 1.807) is 12.1 Å². The molecule has 0 heterocycles. The smallest absolute Gasteiger partial charge is 0.123 e. The molecule has 3 rings (SSSR count). The molecule has 0 amide bonds. The quantitative estimate of drug-likeness (QED) is 0.896. The maximum absolute atomic E-state index is 13.4. The fourth-order valence-corrected chi connectivity index (χ4v) is 2.98. The molecule has 1 unspecified atom stereocenters. The fourth-order valence-electron chi connectivity index (χ4n) is 2.98. The number of rotatable bonds is 4. The third kappa shape index (κ3) is 2.36. The molecule has 1 aliphatic rings. The van der Waals surface area contributed by atoms with Crippen molar-refractivity contribution in [1.82, 2.24) is 0 Å². The van der Waals surface area contributed by atoms with E-state index < -0.39 is 6.10 Å². The van der Waals surface area contributed by atoms with E-state index in [0.717, 1.165) is 24.0 Å². The fraction of sp³-hybridized carbons (Fsp3) is 0.333. The predicted octanol–water partition coefficient (Wildman–Crippen LogP) is 3.77. The number of halogens is 1. The molecule has 0 bridgehead atoms. The zero-order valence-electron chi connectivity index (χ0n) is 11.6. The van der Waals surface area contributed by atoms with Crippen molar-refractivity contribution in [2.75, 3.05) is 0 Å². The van der Waals surface area contributed by atoms with Gasteiger partial charge in [0.1, 0.15) is 5.82 Å². The van der Waals surface area contributed by atoms with Gasteiger partial charge in [0.25, 0.3) is 0 Å². The third-order valence-electron chi connectivity index (χ3n) is 4.50. The van der Waals surface area contributed by atoms with Crippen LogP contribution in [0.25, 0.3) is 0 Å². The Morgan fingerprint density at radius 3 is 2.50 bits per heavy atom. The molecule has 20 heavy (non-hydrogen) atoms. The second-order valence-corrected chi connectivity index (χ2v) is 5.81. The monoisotopic (exact) mass is 270 g/mol. The third-order valence-corrected chi connectivity index (χ3v) is 4.50. The summed E-state index contributed by atoms with van der Waals surface area (Å²) in [7, 11) is 0. The van der Waals surface area contributed by atoms with Gasteiger partial charge in [0.05, 0.1) is 6.10 Å². The zero-order chi connectivity index (χ0) is 14.2. The van der Waals surface area contributed by atoms with Gasteiger partial charge in [-0.1, -0.05) is 36.4 Å². The average Bonchev–Trinajstić information content (AvgIpc) is 3.25. The van der Waals surface area contributed by atoms with Crippen molar-refractivity contribution in [1.29, 1.82) is 0 Å². The lowest BCUT2D eigenvalue weighted by atomic mass is 9.86. The van der Waals surface area contributed by atoms with Crippen molar-refractivity contribution in [3.8, 4) is 0 Å².